The van der Waals surface area contributed by atoms with Crippen LogP contribution in [0.25, 0.3) is 0 Å². The Morgan fingerprint density at radius 3 is 2.17 bits per heavy atom. The van der Waals surface area contributed by atoms with Crippen LogP contribution in [0.5, 0.6) is 0 Å². The molecule has 0 radical (unpaired) electrons. The molecule has 1 unspecified atom stereocenters. The van der Waals surface area contributed by atoms with E-state index < -0.39 is 0 Å². The molecule has 0 bridgehead atoms. The van der Waals surface area contributed by atoms with E-state index >= 15 is 0 Å². The smallest absolute Gasteiger partial charge is 0.00189 e. The van der Waals surface area contributed by atoms with Crippen LogP contribution in [0.1, 0.15) is 78.6 Å². The van der Waals surface area contributed by atoms with Crippen LogP contribution in [0.3, 0.4) is 0 Å². The number of hydrogen-bond donors (Lipinski definition) is 0. The molecule has 0 aromatic rings. The lowest BCUT2D eigenvalue weighted by atomic mass is 9.67. The predicted octanol–water partition coefficient (Wildman–Crippen LogP) is 5.11. The average molecular weight is 253 g/mol. The first-order chi connectivity index (χ1) is 8.62. The maximum absolute atomic E-state index is 2.58. The lowest BCUT2D eigenvalue weighted by molar-refractivity contribution is 0.0797. The van der Waals surface area contributed by atoms with E-state index in [0.29, 0.717) is 5.41 Å². The van der Waals surface area contributed by atoms with E-state index in [2.05, 4.69) is 32.7 Å². The molecule has 1 saturated heterocycles. The van der Waals surface area contributed by atoms with E-state index in [-0.39, 0.29) is 0 Å². The summed E-state index contributed by atoms with van der Waals surface area (Å²) in [5.41, 5.74) is 0.629. The molecule has 1 aliphatic rings. The fourth-order valence-corrected chi connectivity index (χ4v) is 3.77. The van der Waals surface area contributed by atoms with Gasteiger partial charge in [0, 0.05) is 0 Å². The van der Waals surface area contributed by atoms with Crippen LogP contribution in [0.2, 0.25) is 0 Å². The highest BCUT2D eigenvalue weighted by Gasteiger charge is 2.34. The van der Waals surface area contributed by atoms with Crippen molar-refractivity contribution < 1.29 is 0 Å². The van der Waals surface area contributed by atoms with Crippen molar-refractivity contribution in [1.82, 2.24) is 4.90 Å². The molecular weight excluding hydrogens is 218 g/mol. The second kappa shape index (κ2) is 8.19. The molecule has 1 aliphatic heterocycles. The van der Waals surface area contributed by atoms with Gasteiger partial charge in [-0.3, -0.25) is 0 Å². The summed E-state index contributed by atoms with van der Waals surface area (Å²) in [6.45, 7) is 9.89. The van der Waals surface area contributed by atoms with Gasteiger partial charge in [0.25, 0.3) is 0 Å². The molecule has 0 N–H and O–H groups in total. The van der Waals surface area contributed by atoms with Crippen molar-refractivity contribution in [3.05, 3.63) is 0 Å². The molecule has 0 spiro atoms. The summed E-state index contributed by atoms with van der Waals surface area (Å²) in [7, 11) is 2.27. The highest BCUT2D eigenvalue weighted by Crippen LogP contribution is 2.43. The molecule has 0 aromatic carbocycles. The Kier molecular flexibility index (Phi) is 7.29. The van der Waals surface area contributed by atoms with E-state index in [1.165, 1.54) is 70.9 Å². The first-order valence-corrected chi connectivity index (χ1v) is 8.31. The number of rotatable bonds is 8. The molecule has 1 heteroatoms. The van der Waals surface area contributed by atoms with Gasteiger partial charge in [-0.1, -0.05) is 52.9 Å². The average Bonchev–Trinajstić information content (AvgIpc) is 2.36. The summed E-state index contributed by atoms with van der Waals surface area (Å²) in [4.78, 5) is 2.50. The van der Waals surface area contributed by atoms with Crippen LogP contribution >= 0.6 is 0 Å². The maximum Gasteiger partial charge on any atom is -0.00189 e. The second-order valence-electron chi connectivity index (χ2n) is 6.79. The molecule has 1 atom stereocenters. The Balaban J connectivity index is 2.44. The Labute approximate surface area is 115 Å². The Hall–Kier alpha value is -0.0400. The molecule has 1 rings (SSSR count). The molecular formula is C17H35N. The van der Waals surface area contributed by atoms with Gasteiger partial charge in [-0.2, -0.15) is 0 Å². The van der Waals surface area contributed by atoms with Gasteiger partial charge in [0.15, 0.2) is 0 Å². The fourth-order valence-electron chi connectivity index (χ4n) is 3.77. The van der Waals surface area contributed by atoms with Gasteiger partial charge >= 0.3 is 0 Å². The third-order valence-corrected chi connectivity index (χ3v) is 5.13. The van der Waals surface area contributed by atoms with Crippen molar-refractivity contribution in [2.45, 2.75) is 78.6 Å². The molecule has 18 heavy (non-hydrogen) atoms. The van der Waals surface area contributed by atoms with Gasteiger partial charge in [0.1, 0.15) is 0 Å². The number of unbranched alkanes of at least 4 members (excludes halogenated alkanes) is 3. The quantitative estimate of drug-likeness (QED) is 0.544. The van der Waals surface area contributed by atoms with Crippen LogP contribution in [0.15, 0.2) is 0 Å². The van der Waals surface area contributed by atoms with Crippen LogP contribution in [0.4, 0.5) is 0 Å². The molecule has 0 aromatic heterocycles. The van der Waals surface area contributed by atoms with Crippen LogP contribution < -0.4 is 0 Å². The van der Waals surface area contributed by atoms with Gasteiger partial charge in [0.2, 0.25) is 0 Å². The zero-order chi connectivity index (χ0) is 13.4. The lowest BCUT2D eigenvalue weighted by Crippen LogP contribution is -2.38. The predicted molar refractivity (Wildman–Crippen MR) is 82.0 cm³/mol. The Bertz CT molecular complexity index is 206. The van der Waals surface area contributed by atoms with E-state index in [1.807, 2.05) is 0 Å². The number of hydrogen-bond acceptors (Lipinski definition) is 1. The van der Waals surface area contributed by atoms with Gasteiger partial charge < -0.3 is 4.90 Å². The monoisotopic (exact) mass is 253 g/mol. The third kappa shape index (κ3) is 4.91. The Morgan fingerprint density at radius 1 is 0.944 bits per heavy atom. The zero-order valence-corrected chi connectivity index (χ0v) is 13.3. The summed E-state index contributed by atoms with van der Waals surface area (Å²) in [6, 6.07) is 0. The molecule has 1 heterocycles. The van der Waals surface area contributed by atoms with Crippen molar-refractivity contribution in [3.63, 3.8) is 0 Å². The molecule has 0 amide bonds. The minimum Gasteiger partial charge on any atom is -0.306 e. The summed E-state index contributed by atoms with van der Waals surface area (Å²) in [5.74, 6) is 0.982. The van der Waals surface area contributed by atoms with Gasteiger partial charge in [-0.05, 0) is 57.2 Å². The van der Waals surface area contributed by atoms with Crippen LogP contribution in [-0.4, -0.2) is 25.0 Å². The number of piperidine rings is 1. The van der Waals surface area contributed by atoms with E-state index in [4.69, 9.17) is 0 Å². The van der Waals surface area contributed by atoms with Crippen molar-refractivity contribution in [2.24, 2.45) is 11.3 Å². The highest BCUT2D eigenvalue weighted by atomic mass is 15.1. The van der Waals surface area contributed by atoms with Gasteiger partial charge in [-0.25, -0.2) is 0 Å². The standard InChI is InChI=1S/C17H35N/c1-5-7-8-9-13-17(3,12-6-2)16-10-14-18(4)15-11-16/h16H,5-15H2,1-4H3. The minimum atomic E-state index is 0.629. The first kappa shape index (κ1) is 16.0. The van der Waals surface area contributed by atoms with Crippen molar-refractivity contribution in [1.29, 1.82) is 0 Å². The summed E-state index contributed by atoms with van der Waals surface area (Å²) < 4.78 is 0. The van der Waals surface area contributed by atoms with Crippen molar-refractivity contribution >= 4 is 0 Å². The fraction of sp³-hybridized carbons (Fsp3) is 1.00. The van der Waals surface area contributed by atoms with Gasteiger partial charge in [0.05, 0.1) is 0 Å². The maximum atomic E-state index is 2.58. The lowest BCUT2D eigenvalue weighted by Gasteiger charge is -2.42. The van der Waals surface area contributed by atoms with Gasteiger partial charge in [-0.15, -0.1) is 0 Å². The first-order valence-electron chi connectivity index (χ1n) is 8.31. The van der Waals surface area contributed by atoms with Crippen LogP contribution in [-0.2, 0) is 0 Å². The minimum absolute atomic E-state index is 0.629. The summed E-state index contributed by atoms with van der Waals surface area (Å²) in [5, 5.41) is 0. The van der Waals surface area contributed by atoms with E-state index in [0.717, 1.165) is 5.92 Å². The summed E-state index contributed by atoms with van der Waals surface area (Å²) >= 11 is 0. The largest absolute Gasteiger partial charge is 0.306 e. The molecule has 1 nitrogen and oxygen atoms in total. The molecule has 1 fully saturated rings. The Morgan fingerprint density at radius 2 is 1.61 bits per heavy atom. The van der Waals surface area contributed by atoms with E-state index in [1.54, 1.807) is 0 Å². The SMILES string of the molecule is CCCCCCC(C)(CCC)C1CCN(C)CC1. The number of nitrogens with zero attached hydrogens (tertiary/aromatic N) is 1. The summed E-state index contributed by atoms with van der Waals surface area (Å²) in [6.07, 6.45) is 12.8. The molecule has 0 aliphatic carbocycles. The highest BCUT2D eigenvalue weighted by molar-refractivity contribution is 4.85. The normalized spacial score (nSPS) is 22.0. The molecule has 108 valence electrons. The second-order valence-corrected chi connectivity index (χ2v) is 6.79. The topological polar surface area (TPSA) is 3.24 Å². The third-order valence-electron chi connectivity index (χ3n) is 5.13. The van der Waals surface area contributed by atoms with Crippen molar-refractivity contribution in [3.8, 4) is 0 Å². The number of likely N-dealkylation sites (tertiary alicyclic amines) is 1. The zero-order valence-electron chi connectivity index (χ0n) is 13.3. The van der Waals surface area contributed by atoms with E-state index in [9.17, 15) is 0 Å². The van der Waals surface area contributed by atoms with Crippen molar-refractivity contribution in [2.75, 3.05) is 20.1 Å². The van der Waals surface area contributed by atoms with Crippen LogP contribution in [0, 0.1) is 11.3 Å². The molecule has 0 saturated carbocycles.